The monoisotopic (exact) mass is 256 g/mol. The molecule has 1 aromatic heterocycles. The van der Waals surface area contributed by atoms with Gasteiger partial charge in [-0.25, -0.2) is 13.4 Å². The molecule has 2 unspecified atom stereocenters. The Hall–Kier alpha value is -0.880. The molecule has 0 spiro atoms. The fourth-order valence-electron chi connectivity index (χ4n) is 2.83. The quantitative estimate of drug-likeness (QED) is 0.799. The highest BCUT2D eigenvalue weighted by Crippen LogP contribution is 2.33. The zero-order chi connectivity index (χ0) is 12.0. The summed E-state index contributed by atoms with van der Waals surface area (Å²) in [6.45, 7) is 0.846. The molecular weight excluding hydrogens is 240 g/mol. The van der Waals surface area contributed by atoms with Crippen LogP contribution in [-0.4, -0.2) is 34.6 Å². The van der Waals surface area contributed by atoms with Crippen molar-refractivity contribution < 1.29 is 13.5 Å². The Kier molecular flexibility index (Phi) is 2.52. The van der Waals surface area contributed by atoms with Gasteiger partial charge in [-0.2, -0.15) is 0 Å². The van der Waals surface area contributed by atoms with Gasteiger partial charge in [0.05, 0.1) is 29.5 Å². The molecule has 5 nitrogen and oxygen atoms in total. The SMILES string of the molecule is O=S1(=O)CCC(c2ncc3n2CCCC3O)C1. The first-order valence-corrected chi connectivity index (χ1v) is 7.83. The van der Waals surface area contributed by atoms with Crippen molar-refractivity contribution in [2.24, 2.45) is 0 Å². The molecule has 1 saturated heterocycles. The molecule has 3 rings (SSSR count). The van der Waals surface area contributed by atoms with E-state index in [0.717, 1.165) is 30.9 Å². The summed E-state index contributed by atoms with van der Waals surface area (Å²) in [5.41, 5.74) is 0.843. The summed E-state index contributed by atoms with van der Waals surface area (Å²) in [6, 6.07) is 0. The van der Waals surface area contributed by atoms with Gasteiger partial charge >= 0.3 is 0 Å². The largest absolute Gasteiger partial charge is 0.387 e. The first-order valence-electron chi connectivity index (χ1n) is 6.00. The van der Waals surface area contributed by atoms with Crippen LogP contribution in [0.1, 0.15) is 42.8 Å². The number of fused-ring (bicyclic) bond motifs is 1. The summed E-state index contributed by atoms with van der Waals surface area (Å²) < 4.78 is 25.0. The number of rotatable bonds is 1. The maximum Gasteiger partial charge on any atom is 0.151 e. The smallest absolute Gasteiger partial charge is 0.151 e. The summed E-state index contributed by atoms with van der Waals surface area (Å²) in [6.07, 6.45) is 3.62. The van der Waals surface area contributed by atoms with Gasteiger partial charge in [0.15, 0.2) is 9.84 Å². The normalized spacial score (nSPS) is 31.4. The van der Waals surface area contributed by atoms with Crippen LogP contribution in [0.25, 0.3) is 0 Å². The summed E-state index contributed by atoms with van der Waals surface area (Å²) in [5.74, 6) is 1.33. The molecular formula is C11H16N2O3S. The Bertz CT molecular complexity index is 535. The van der Waals surface area contributed by atoms with Crippen molar-refractivity contribution in [3.8, 4) is 0 Å². The molecule has 2 aliphatic heterocycles. The first-order chi connectivity index (χ1) is 8.07. The third kappa shape index (κ3) is 1.89. The lowest BCUT2D eigenvalue weighted by atomic mass is 10.1. The number of aliphatic hydroxyl groups is 1. The van der Waals surface area contributed by atoms with Crippen LogP contribution in [0.15, 0.2) is 6.20 Å². The Balaban J connectivity index is 1.95. The van der Waals surface area contributed by atoms with Gasteiger partial charge in [0.25, 0.3) is 0 Å². The lowest BCUT2D eigenvalue weighted by molar-refractivity contribution is 0.138. The molecule has 0 bridgehead atoms. The minimum atomic E-state index is -2.88. The van der Waals surface area contributed by atoms with E-state index in [-0.39, 0.29) is 17.4 Å². The van der Waals surface area contributed by atoms with Crippen molar-refractivity contribution in [2.45, 2.75) is 37.8 Å². The summed E-state index contributed by atoms with van der Waals surface area (Å²) in [5, 5.41) is 9.84. The van der Waals surface area contributed by atoms with Crippen molar-refractivity contribution in [3.05, 3.63) is 17.7 Å². The van der Waals surface area contributed by atoms with Crippen LogP contribution < -0.4 is 0 Å². The second kappa shape index (κ2) is 3.81. The van der Waals surface area contributed by atoms with E-state index < -0.39 is 15.9 Å². The standard InChI is InChI=1S/C11H16N2O3S/c14-10-2-1-4-13-9(10)6-12-11(13)8-3-5-17(15,16)7-8/h6,8,10,14H,1-5,7H2. The second-order valence-corrected chi connectivity index (χ2v) is 7.18. The third-order valence-electron chi connectivity index (χ3n) is 3.72. The lowest BCUT2D eigenvalue weighted by Crippen LogP contribution is -2.19. The molecule has 0 radical (unpaired) electrons. The van der Waals surface area contributed by atoms with Gasteiger partial charge in [-0.3, -0.25) is 0 Å². The predicted molar refractivity (Wildman–Crippen MR) is 62.4 cm³/mol. The topological polar surface area (TPSA) is 72.2 Å². The molecule has 2 aliphatic rings. The Morgan fingerprint density at radius 1 is 1.41 bits per heavy atom. The van der Waals surface area contributed by atoms with Gasteiger partial charge in [0.1, 0.15) is 5.82 Å². The first kappa shape index (κ1) is 11.2. The molecule has 3 heterocycles. The molecule has 6 heteroatoms. The van der Waals surface area contributed by atoms with E-state index in [1.807, 2.05) is 4.57 Å². The van der Waals surface area contributed by atoms with E-state index in [4.69, 9.17) is 0 Å². The number of aromatic nitrogens is 2. The maximum atomic E-state index is 11.5. The van der Waals surface area contributed by atoms with Crippen LogP contribution in [0.5, 0.6) is 0 Å². The van der Waals surface area contributed by atoms with Gasteiger partial charge in [-0.1, -0.05) is 0 Å². The van der Waals surface area contributed by atoms with Gasteiger partial charge < -0.3 is 9.67 Å². The molecule has 17 heavy (non-hydrogen) atoms. The Morgan fingerprint density at radius 2 is 2.24 bits per heavy atom. The molecule has 0 saturated carbocycles. The van der Waals surface area contributed by atoms with Gasteiger partial charge in [0.2, 0.25) is 0 Å². The highest BCUT2D eigenvalue weighted by molar-refractivity contribution is 7.91. The van der Waals surface area contributed by atoms with Crippen LogP contribution in [-0.2, 0) is 16.4 Å². The fourth-order valence-corrected chi connectivity index (χ4v) is 4.57. The van der Waals surface area contributed by atoms with Crippen LogP contribution in [0.3, 0.4) is 0 Å². The third-order valence-corrected chi connectivity index (χ3v) is 5.48. The summed E-state index contributed by atoms with van der Waals surface area (Å²) in [4.78, 5) is 4.33. The molecule has 1 aromatic rings. The molecule has 0 amide bonds. The molecule has 0 aromatic carbocycles. The second-order valence-electron chi connectivity index (χ2n) is 4.95. The van der Waals surface area contributed by atoms with Crippen molar-refractivity contribution in [3.63, 3.8) is 0 Å². The Morgan fingerprint density at radius 3 is 2.94 bits per heavy atom. The fraction of sp³-hybridized carbons (Fsp3) is 0.727. The van der Waals surface area contributed by atoms with Gasteiger partial charge in [0, 0.05) is 12.5 Å². The zero-order valence-electron chi connectivity index (χ0n) is 9.54. The van der Waals surface area contributed by atoms with Crippen LogP contribution in [0.4, 0.5) is 0 Å². The molecule has 2 atom stereocenters. The summed E-state index contributed by atoms with van der Waals surface area (Å²) in [7, 11) is -2.88. The maximum absolute atomic E-state index is 11.5. The van der Waals surface area contributed by atoms with Gasteiger partial charge in [-0.15, -0.1) is 0 Å². The predicted octanol–water partition coefficient (Wildman–Crippen LogP) is 0.612. The van der Waals surface area contributed by atoms with E-state index in [2.05, 4.69) is 4.98 Å². The zero-order valence-corrected chi connectivity index (χ0v) is 10.4. The average Bonchev–Trinajstić information content (AvgIpc) is 2.82. The number of sulfone groups is 1. The highest BCUT2D eigenvalue weighted by Gasteiger charge is 2.33. The minimum Gasteiger partial charge on any atom is -0.387 e. The van der Waals surface area contributed by atoms with Crippen LogP contribution >= 0.6 is 0 Å². The van der Waals surface area contributed by atoms with E-state index in [9.17, 15) is 13.5 Å². The highest BCUT2D eigenvalue weighted by atomic mass is 32.2. The molecule has 1 fully saturated rings. The molecule has 1 N–H and O–H groups in total. The average molecular weight is 256 g/mol. The van der Waals surface area contributed by atoms with Crippen molar-refractivity contribution >= 4 is 9.84 Å². The Labute approximate surface area is 100 Å². The van der Waals surface area contributed by atoms with E-state index >= 15 is 0 Å². The van der Waals surface area contributed by atoms with E-state index in [1.165, 1.54) is 0 Å². The van der Waals surface area contributed by atoms with E-state index in [0.29, 0.717) is 6.42 Å². The van der Waals surface area contributed by atoms with Crippen molar-refractivity contribution in [2.75, 3.05) is 11.5 Å². The van der Waals surface area contributed by atoms with Crippen molar-refractivity contribution in [1.29, 1.82) is 0 Å². The van der Waals surface area contributed by atoms with Crippen LogP contribution in [0.2, 0.25) is 0 Å². The van der Waals surface area contributed by atoms with Crippen molar-refractivity contribution in [1.82, 2.24) is 9.55 Å². The van der Waals surface area contributed by atoms with Crippen LogP contribution in [0, 0.1) is 0 Å². The number of hydrogen-bond donors (Lipinski definition) is 1. The minimum absolute atomic E-state index is 0.0130. The number of hydrogen-bond acceptors (Lipinski definition) is 4. The number of nitrogens with zero attached hydrogens (tertiary/aromatic N) is 2. The number of aliphatic hydroxyl groups excluding tert-OH is 1. The molecule has 94 valence electrons. The van der Waals surface area contributed by atoms with Gasteiger partial charge in [-0.05, 0) is 19.3 Å². The number of imidazole rings is 1. The van der Waals surface area contributed by atoms with E-state index in [1.54, 1.807) is 6.20 Å². The molecule has 0 aliphatic carbocycles. The summed E-state index contributed by atoms with van der Waals surface area (Å²) >= 11 is 0. The lowest BCUT2D eigenvalue weighted by Gasteiger charge is -2.22.